The Balaban J connectivity index is 1.40. The minimum Gasteiger partial charge on any atom is -0.497 e. The summed E-state index contributed by atoms with van der Waals surface area (Å²) < 4.78 is 11.2. The number of benzene rings is 2. The van der Waals surface area contributed by atoms with E-state index in [0.29, 0.717) is 38.4 Å². The van der Waals surface area contributed by atoms with Gasteiger partial charge in [0, 0.05) is 37.1 Å². The van der Waals surface area contributed by atoms with Crippen molar-refractivity contribution in [3.63, 3.8) is 0 Å². The molecule has 6 nitrogen and oxygen atoms in total. The van der Waals surface area contributed by atoms with Gasteiger partial charge in [-0.15, -0.1) is 0 Å². The van der Waals surface area contributed by atoms with Gasteiger partial charge in [-0.3, -0.25) is 9.59 Å². The van der Waals surface area contributed by atoms with Crippen molar-refractivity contribution < 1.29 is 18.7 Å². The van der Waals surface area contributed by atoms with Crippen molar-refractivity contribution in [1.29, 1.82) is 0 Å². The van der Waals surface area contributed by atoms with Crippen molar-refractivity contribution in [2.24, 2.45) is 0 Å². The molecule has 1 fully saturated rings. The van der Waals surface area contributed by atoms with Gasteiger partial charge in [0.15, 0.2) is 5.76 Å². The molecule has 0 saturated carbocycles. The van der Waals surface area contributed by atoms with Gasteiger partial charge in [0.25, 0.3) is 5.91 Å². The van der Waals surface area contributed by atoms with Crippen molar-refractivity contribution in [2.45, 2.75) is 20.3 Å². The minimum atomic E-state index is -0.108. The van der Waals surface area contributed by atoms with Gasteiger partial charge in [-0.1, -0.05) is 30.3 Å². The maximum Gasteiger partial charge on any atom is 0.290 e. The highest BCUT2D eigenvalue weighted by atomic mass is 16.5. The normalized spacial score (nSPS) is 14.2. The van der Waals surface area contributed by atoms with Gasteiger partial charge in [-0.2, -0.15) is 0 Å². The van der Waals surface area contributed by atoms with Gasteiger partial charge < -0.3 is 19.0 Å². The fraction of sp³-hybridized carbons (Fsp3) is 0.333. The zero-order valence-electron chi connectivity index (χ0n) is 17.6. The SMILES string of the molecule is COc1cccc(CC(=O)N2CCN(C(=O)c3oc4c(C)cccc4c3C)CC2)c1. The Morgan fingerprint density at radius 1 is 1.00 bits per heavy atom. The molecule has 2 heterocycles. The van der Waals surface area contributed by atoms with Gasteiger partial charge >= 0.3 is 0 Å². The molecule has 1 saturated heterocycles. The molecule has 3 aromatic rings. The highest BCUT2D eigenvalue weighted by Gasteiger charge is 2.28. The van der Waals surface area contributed by atoms with Crippen molar-refractivity contribution >= 4 is 22.8 Å². The molecule has 156 valence electrons. The second kappa shape index (κ2) is 8.22. The quantitative estimate of drug-likeness (QED) is 0.664. The Labute approximate surface area is 176 Å². The van der Waals surface area contributed by atoms with Crippen LogP contribution >= 0.6 is 0 Å². The lowest BCUT2D eigenvalue weighted by atomic mass is 10.1. The molecule has 0 spiro atoms. The fourth-order valence-electron chi connectivity index (χ4n) is 3.96. The van der Waals surface area contributed by atoms with E-state index in [-0.39, 0.29) is 11.8 Å². The van der Waals surface area contributed by atoms with Crippen LogP contribution in [0.4, 0.5) is 0 Å². The van der Waals surface area contributed by atoms with Gasteiger partial charge in [-0.25, -0.2) is 0 Å². The van der Waals surface area contributed by atoms with Crippen LogP contribution in [0.25, 0.3) is 11.0 Å². The summed E-state index contributed by atoms with van der Waals surface area (Å²) in [5.41, 5.74) is 3.58. The monoisotopic (exact) mass is 406 g/mol. The summed E-state index contributed by atoms with van der Waals surface area (Å²) >= 11 is 0. The van der Waals surface area contributed by atoms with E-state index < -0.39 is 0 Å². The molecule has 0 N–H and O–H groups in total. The molecule has 1 aliphatic heterocycles. The molecule has 30 heavy (non-hydrogen) atoms. The summed E-state index contributed by atoms with van der Waals surface area (Å²) in [6.45, 7) is 5.94. The number of carbonyl (C=O) groups is 2. The number of hydrogen-bond donors (Lipinski definition) is 0. The molecule has 2 amide bonds. The summed E-state index contributed by atoms with van der Waals surface area (Å²) in [6, 6.07) is 13.5. The topological polar surface area (TPSA) is 63.0 Å². The lowest BCUT2D eigenvalue weighted by molar-refractivity contribution is -0.131. The number of amides is 2. The van der Waals surface area contributed by atoms with Crippen molar-refractivity contribution in [1.82, 2.24) is 9.80 Å². The number of rotatable bonds is 4. The molecular weight excluding hydrogens is 380 g/mol. The number of carbonyl (C=O) groups excluding carboxylic acids is 2. The van der Waals surface area contributed by atoms with Crippen LogP contribution in [0.3, 0.4) is 0 Å². The van der Waals surface area contributed by atoms with Gasteiger partial charge in [0.1, 0.15) is 11.3 Å². The maximum atomic E-state index is 13.1. The van der Waals surface area contributed by atoms with Crippen LogP contribution < -0.4 is 4.74 Å². The van der Waals surface area contributed by atoms with E-state index in [1.807, 2.05) is 61.2 Å². The molecule has 0 atom stereocenters. The first kappa shape index (κ1) is 20.0. The maximum absolute atomic E-state index is 13.1. The first-order valence-electron chi connectivity index (χ1n) is 10.2. The Morgan fingerprint density at radius 2 is 1.70 bits per heavy atom. The van der Waals surface area contributed by atoms with Crippen LogP contribution in [0.1, 0.15) is 27.2 Å². The number of methoxy groups -OCH3 is 1. The van der Waals surface area contributed by atoms with E-state index in [2.05, 4.69) is 0 Å². The Morgan fingerprint density at radius 3 is 2.40 bits per heavy atom. The summed E-state index contributed by atoms with van der Waals surface area (Å²) in [5.74, 6) is 1.09. The summed E-state index contributed by atoms with van der Waals surface area (Å²) in [7, 11) is 1.61. The van der Waals surface area contributed by atoms with Crippen molar-refractivity contribution in [3.8, 4) is 5.75 Å². The second-order valence-corrected chi connectivity index (χ2v) is 7.71. The average Bonchev–Trinajstić information content (AvgIpc) is 3.11. The second-order valence-electron chi connectivity index (χ2n) is 7.71. The molecule has 0 aliphatic carbocycles. The van der Waals surface area contributed by atoms with Crippen molar-refractivity contribution in [2.75, 3.05) is 33.3 Å². The molecule has 0 bridgehead atoms. The molecular formula is C24H26N2O4. The third-order valence-corrected chi connectivity index (χ3v) is 5.76. The van der Waals surface area contributed by atoms with E-state index in [4.69, 9.17) is 9.15 Å². The predicted molar refractivity (Wildman–Crippen MR) is 115 cm³/mol. The summed E-state index contributed by atoms with van der Waals surface area (Å²) in [5, 5.41) is 0.977. The third-order valence-electron chi connectivity index (χ3n) is 5.76. The van der Waals surface area contributed by atoms with E-state index in [1.165, 1.54) is 0 Å². The van der Waals surface area contributed by atoms with Crippen LogP contribution in [-0.4, -0.2) is 54.9 Å². The van der Waals surface area contributed by atoms with Gasteiger partial charge in [-0.05, 0) is 37.1 Å². The highest BCUT2D eigenvalue weighted by molar-refractivity contribution is 5.99. The number of aryl methyl sites for hydroxylation is 2. The number of hydrogen-bond acceptors (Lipinski definition) is 4. The van der Waals surface area contributed by atoms with Crippen molar-refractivity contribution in [3.05, 3.63) is 64.9 Å². The number of para-hydroxylation sites is 1. The average molecular weight is 406 g/mol. The molecule has 1 aromatic heterocycles. The van der Waals surface area contributed by atoms with Crippen LogP contribution in [0.5, 0.6) is 5.75 Å². The minimum absolute atomic E-state index is 0.0610. The molecule has 0 unspecified atom stereocenters. The number of fused-ring (bicyclic) bond motifs is 1. The van der Waals surface area contributed by atoms with Crippen LogP contribution in [0.15, 0.2) is 46.9 Å². The van der Waals surface area contributed by atoms with E-state index in [1.54, 1.807) is 12.0 Å². The molecule has 6 heteroatoms. The van der Waals surface area contributed by atoms with E-state index in [0.717, 1.165) is 33.4 Å². The fourth-order valence-corrected chi connectivity index (χ4v) is 3.96. The number of piperazine rings is 1. The first-order chi connectivity index (χ1) is 14.5. The van der Waals surface area contributed by atoms with Crippen LogP contribution in [-0.2, 0) is 11.2 Å². The smallest absolute Gasteiger partial charge is 0.290 e. The van der Waals surface area contributed by atoms with E-state index >= 15 is 0 Å². The summed E-state index contributed by atoms with van der Waals surface area (Å²) in [6.07, 6.45) is 0.326. The zero-order chi connectivity index (χ0) is 21.3. The van der Waals surface area contributed by atoms with E-state index in [9.17, 15) is 9.59 Å². The molecule has 2 aromatic carbocycles. The molecule has 0 radical (unpaired) electrons. The molecule has 1 aliphatic rings. The Bertz CT molecular complexity index is 1090. The zero-order valence-corrected chi connectivity index (χ0v) is 17.6. The lowest BCUT2D eigenvalue weighted by Crippen LogP contribution is -2.51. The Hall–Kier alpha value is -3.28. The largest absolute Gasteiger partial charge is 0.497 e. The standard InChI is InChI=1S/C24H26N2O4/c1-16-6-4-9-20-17(2)23(30-22(16)20)24(28)26-12-10-25(11-13-26)21(27)15-18-7-5-8-19(14-18)29-3/h4-9,14H,10-13,15H2,1-3H3. The first-order valence-corrected chi connectivity index (χ1v) is 10.2. The van der Waals surface area contributed by atoms with Crippen LogP contribution in [0, 0.1) is 13.8 Å². The Kier molecular flexibility index (Phi) is 5.48. The van der Waals surface area contributed by atoms with Gasteiger partial charge in [0.05, 0.1) is 13.5 Å². The predicted octanol–water partition coefficient (Wildman–Crippen LogP) is 3.59. The molecule has 4 rings (SSSR count). The lowest BCUT2D eigenvalue weighted by Gasteiger charge is -2.34. The summed E-state index contributed by atoms with van der Waals surface area (Å²) in [4.78, 5) is 29.3. The number of furan rings is 1. The van der Waals surface area contributed by atoms with Gasteiger partial charge in [0.2, 0.25) is 5.91 Å². The van der Waals surface area contributed by atoms with Crippen LogP contribution in [0.2, 0.25) is 0 Å². The highest BCUT2D eigenvalue weighted by Crippen LogP contribution is 2.28. The number of nitrogens with zero attached hydrogens (tertiary/aromatic N) is 2. The third kappa shape index (κ3) is 3.77. The number of ether oxygens (including phenoxy) is 1.